The maximum atomic E-state index is 7.27. The third-order valence-corrected chi connectivity index (χ3v) is 6.74. The van der Waals surface area contributed by atoms with Gasteiger partial charge in [-0.05, 0) is 47.1 Å². The second kappa shape index (κ2) is 5.43. The van der Waals surface area contributed by atoms with Crippen LogP contribution >= 0.6 is 0 Å². The molecule has 1 nitrogen and oxygen atoms in total. The van der Waals surface area contributed by atoms with Crippen LogP contribution in [0.25, 0.3) is 0 Å². The third-order valence-electron chi connectivity index (χ3n) is 6.74. The van der Waals surface area contributed by atoms with Crippen LogP contribution < -0.4 is 0 Å². The Kier molecular flexibility index (Phi) is 3.10. The molecule has 3 aromatic rings. The fraction of sp³-hybridized carbons (Fsp3) is 0.231. The van der Waals surface area contributed by atoms with Gasteiger partial charge in [0, 0.05) is 5.92 Å². The predicted octanol–water partition coefficient (Wildman–Crippen LogP) is 5.94. The van der Waals surface area contributed by atoms with E-state index in [4.69, 9.17) is 4.74 Å². The second-order valence-electron chi connectivity index (χ2n) is 7.94. The highest BCUT2D eigenvalue weighted by Gasteiger charge is 2.68. The number of hydrogen-bond acceptors (Lipinski definition) is 1. The average molecular weight is 350 g/mol. The first-order chi connectivity index (χ1) is 13.4. The second-order valence-corrected chi connectivity index (χ2v) is 7.94. The first-order valence-corrected chi connectivity index (χ1v) is 9.99. The Morgan fingerprint density at radius 3 is 2.07 bits per heavy atom. The Morgan fingerprint density at radius 2 is 1.33 bits per heavy atom. The lowest BCUT2D eigenvalue weighted by atomic mass is 9.61. The van der Waals surface area contributed by atoms with Crippen LogP contribution in [0.4, 0.5) is 0 Å². The molecule has 27 heavy (non-hydrogen) atoms. The van der Waals surface area contributed by atoms with Crippen molar-refractivity contribution in [1.82, 2.24) is 0 Å². The molecular formula is C26H22O. The van der Waals surface area contributed by atoms with Crippen molar-refractivity contribution in [3.63, 3.8) is 0 Å². The van der Waals surface area contributed by atoms with Crippen molar-refractivity contribution in [3.05, 3.63) is 119 Å². The Hall–Kier alpha value is -2.64. The lowest BCUT2D eigenvalue weighted by molar-refractivity contribution is -0.0481. The highest BCUT2D eigenvalue weighted by atomic mass is 16.5. The lowest BCUT2D eigenvalue weighted by Crippen LogP contribution is -2.36. The van der Waals surface area contributed by atoms with Gasteiger partial charge in [0.05, 0.1) is 0 Å². The number of rotatable bonds is 2. The third kappa shape index (κ3) is 1.78. The van der Waals surface area contributed by atoms with E-state index in [0.29, 0.717) is 5.92 Å². The number of hydrogen-bond donors (Lipinski definition) is 0. The molecule has 0 radical (unpaired) electrons. The van der Waals surface area contributed by atoms with Crippen LogP contribution in [0.3, 0.4) is 0 Å². The molecule has 0 N–H and O–H groups in total. The Bertz CT molecular complexity index is 1040. The summed E-state index contributed by atoms with van der Waals surface area (Å²) in [6.07, 6.45) is 6.04. The van der Waals surface area contributed by atoms with Crippen molar-refractivity contribution >= 4 is 0 Å². The molecule has 1 aliphatic carbocycles. The summed E-state index contributed by atoms with van der Waals surface area (Å²) >= 11 is 0. The van der Waals surface area contributed by atoms with E-state index in [1.807, 2.05) is 0 Å². The quantitative estimate of drug-likeness (QED) is 0.519. The van der Waals surface area contributed by atoms with Gasteiger partial charge in [-0.1, -0.05) is 91.0 Å². The zero-order valence-electron chi connectivity index (χ0n) is 15.3. The molecule has 3 aliphatic rings. The zero-order chi connectivity index (χ0) is 17.9. The minimum atomic E-state index is -0.446. The largest absolute Gasteiger partial charge is 0.345 e. The fourth-order valence-corrected chi connectivity index (χ4v) is 5.78. The maximum absolute atomic E-state index is 7.27. The number of allylic oxidation sites excluding steroid dienone is 1. The van der Waals surface area contributed by atoms with Crippen molar-refractivity contribution in [3.8, 4) is 0 Å². The van der Waals surface area contributed by atoms with Gasteiger partial charge in [0.2, 0.25) is 0 Å². The summed E-state index contributed by atoms with van der Waals surface area (Å²) in [5.41, 5.74) is 5.87. The molecule has 2 aliphatic heterocycles. The minimum absolute atomic E-state index is 0.375. The fourth-order valence-electron chi connectivity index (χ4n) is 5.78. The smallest absolute Gasteiger partial charge is 0.142 e. The van der Waals surface area contributed by atoms with Gasteiger partial charge < -0.3 is 4.74 Å². The van der Waals surface area contributed by atoms with Crippen LogP contribution in [0, 0.1) is 5.92 Å². The lowest BCUT2D eigenvalue weighted by Gasteiger charge is -2.39. The molecule has 1 saturated heterocycles. The van der Waals surface area contributed by atoms with Crippen molar-refractivity contribution in [1.29, 1.82) is 0 Å². The van der Waals surface area contributed by atoms with E-state index in [2.05, 4.69) is 91.0 Å². The average Bonchev–Trinajstić information content (AvgIpc) is 3.25. The van der Waals surface area contributed by atoms with Crippen LogP contribution in [-0.4, -0.2) is 0 Å². The minimum Gasteiger partial charge on any atom is -0.345 e. The molecule has 2 heterocycles. The number of fused-ring (bicyclic) bond motifs is 8. The SMILES string of the molecule is C1=C2C(CCC1)[C@@]1(c3ccccc3)O[C@]2(c2ccccc2)c2ccccc21. The molecule has 3 aromatic carbocycles. The van der Waals surface area contributed by atoms with Crippen LogP contribution in [-0.2, 0) is 15.9 Å². The highest BCUT2D eigenvalue weighted by molar-refractivity contribution is 5.64. The van der Waals surface area contributed by atoms with E-state index in [1.54, 1.807) is 0 Å². The molecule has 1 unspecified atom stereocenters. The summed E-state index contributed by atoms with van der Waals surface area (Å²) in [4.78, 5) is 0. The Morgan fingerprint density at radius 1 is 0.704 bits per heavy atom. The molecule has 132 valence electrons. The summed E-state index contributed by atoms with van der Waals surface area (Å²) in [7, 11) is 0. The standard InChI is InChI=1S/C26H22O/c1-3-11-19(12-4-1)25-21-15-7-9-17-23(21)26(27-25,20-13-5-2-6-14-20)24-18-10-8-16-22(24)25/h1-7,9,11-17,24H,8,10,18H2/t24?,25-,26+/m1/s1. The molecule has 3 atom stereocenters. The van der Waals surface area contributed by atoms with E-state index in [9.17, 15) is 0 Å². The first kappa shape index (κ1) is 15.4. The number of benzene rings is 3. The van der Waals surface area contributed by atoms with Gasteiger partial charge >= 0.3 is 0 Å². The van der Waals surface area contributed by atoms with Gasteiger partial charge in [0.1, 0.15) is 11.2 Å². The van der Waals surface area contributed by atoms with Gasteiger partial charge in [-0.2, -0.15) is 0 Å². The van der Waals surface area contributed by atoms with Crippen molar-refractivity contribution in [2.24, 2.45) is 5.92 Å². The predicted molar refractivity (Wildman–Crippen MR) is 107 cm³/mol. The molecule has 0 spiro atoms. The summed E-state index contributed by atoms with van der Waals surface area (Å²) in [5, 5.41) is 0. The summed E-state index contributed by atoms with van der Waals surface area (Å²) in [5.74, 6) is 0.406. The number of ether oxygens (including phenoxy) is 1. The molecule has 0 saturated carbocycles. The highest BCUT2D eigenvalue weighted by Crippen LogP contribution is 2.69. The summed E-state index contributed by atoms with van der Waals surface area (Å²) < 4.78 is 7.27. The van der Waals surface area contributed by atoms with Crippen LogP contribution in [0.1, 0.15) is 41.5 Å². The molecule has 0 amide bonds. The summed E-state index contributed by atoms with van der Waals surface area (Å²) in [6, 6.07) is 30.6. The van der Waals surface area contributed by atoms with Crippen molar-refractivity contribution in [2.75, 3.05) is 0 Å². The Labute approximate surface area is 160 Å². The van der Waals surface area contributed by atoms with Gasteiger partial charge in [0.25, 0.3) is 0 Å². The molecular weight excluding hydrogens is 328 g/mol. The van der Waals surface area contributed by atoms with E-state index in [-0.39, 0.29) is 5.60 Å². The van der Waals surface area contributed by atoms with E-state index >= 15 is 0 Å². The molecule has 1 heteroatoms. The van der Waals surface area contributed by atoms with Gasteiger partial charge in [-0.3, -0.25) is 0 Å². The van der Waals surface area contributed by atoms with Crippen molar-refractivity contribution in [2.45, 2.75) is 30.5 Å². The van der Waals surface area contributed by atoms with Gasteiger partial charge in [-0.15, -0.1) is 0 Å². The first-order valence-electron chi connectivity index (χ1n) is 9.99. The monoisotopic (exact) mass is 350 g/mol. The van der Waals surface area contributed by atoms with Crippen molar-refractivity contribution < 1.29 is 4.74 Å². The molecule has 2 bridgehead atoms. The maximum Gasteiger partial charge on any atom is 0.142 e. The summed E-state index contributed by atoms with van der Waals surface area (Å²) in [6.45, 7) is 0. The molecule has 1 fully saturated rings. The van der Waals surface area contributed by atoms with Crippen LogP contribution in [0.15, 0.2) is 96.6 Å². The van der Waals surface area contributed by atoms with E-state index in [1.165, 1.54) is 40.7 Å². The molecule has 0 aromatic heterocycles. The van der Waals surface area contributed by atoms with Gasteiger partial charge in [0.15, 0.2) is 0 Å². The van der Waals surface area contributed by atoms with Crippen LogP contribution in [0.2, 0.25) is 0 Å². The topological polar surface area (TPSA) is 9.23 Å². The van der Waals surface area contributed by atoms with Gasteiger partial charge in [-0.25, -0.2) is 0 Å². The van der Waals surface area contributed by atoms with E-state index in [0.717, 1.165) is 6.42 Å². The molecule has 6 rings (SSSR count). The normalized spacial score (nSPS) is 30.5. The van der Waals surface area contributed by atoms with E-state index < -0.39 is 5.60 Å². The Balaban J connectivity index is 1.73. The zero-order valence-corrected chi connectivity index (χ0v) is 15.3. The van der Waals surface area contributed by atoms with Crippen LogP contribution in [0.5, 0.6) is 0 Å².